The molecule has 0 aliphatic rings. The first-order valence-corrected chi connectivity index (χ1v) is 7.81. The molecule has 1 aromatic carbocycles. The normalized spacial score (nSPS) is 13.6. The van der Waals surface area contributed by atoms with Crippen LogP contribution >= 0.6 is 15.9 Å². The molecule has 0 aromatic heterocycles. The molecule has 3 nitrogen and oxygen atoms in total. The van der Waals surface area contributed by atoms with Crippen molar-refractivity contribution in [1.29, 1.82) is 0 Å². The molecule has 0 amide bonds. The van der Waals surface area contributed by atoms with Crippen LogP contribution in [0.4, 0.5) is 4.39 Å². The van der Waals surface area contributed by atoms with Gasteiger partial charge in [0.2, 0.25) is 0 Å². The lowest BCUT2D eigenvalue weighted by Crippen LogP contribution is -2.21. The van der Waals surface area contributed by atoms with Gasteiger partial charge in [-0.1, -0.05) is 22.0 Å². The van der Waals surface area contributed by atoms with E-state index in [1.54, 1.807) is 13.0 Å². The smallest absolute Gasteiger partial charge is 0.154 e. The van der Waals surface area contributed by atoms with Gasteiger partial charge in [-0.25, -0.2) is 12.8 Å². The predicted molar refractivity (Wildman–Crippen MR) is 69.9 cm³/mol. The van der Waals surface area contributed by atoms with E-state index in [9.17, 15) is 12.8 Å². The summed E-state index contributed by atoms with van der Waals surface area (Å²) in [6, 6.07) is 4.19. The summed E-state index contributed by atoms with van der Waals surface area (Å²) in [4.78, 5) is 0. The molecule has 1 aromatic rings. The molecule has 96 valence electrons. The zero-order chi connectivity index (χ0) is 13.1. The second-order valence-corrected chi connectivity index (χ2v) is 7.19. The van der Waals surface area contributed by atoms with Gasteiger partial charge in [-0.3, -0.25) is 0 Å². The van der Waals surface area contributed by atoms with E-state index in [-0.39, 0.29) is 23.1 Å². The molecule has 1 rings (SSSR count). The Kier molecular flexibility index (Phi) is 5.09. The molecule has 1 unspecified atom stereocenters. The SMILES string of the molecule is CC(N)CCS(=O)(=O)Cc1ccc(Br)cc1F. The fraction of sp³-hybridized carbons (Fsp3) is 0.455. The van der Waals surface area contributed by atoms with Crippen LogP contribution in [0.2, 0.25) is 0 Å². The zero-order valence-corrected chi connectivity index (χ0v) is 11.9. The van der Waals surface area contributed by atoms with Gasteiger partial charge < -0.3 is 5.73 Å². The highest BCUT2D eigenvalue weighted by Crippen LogP contribution is 2.17. The van der Waals surface area contributed by atoms with Gasteiger partial charge in [0, 0.05) is 16.1 Å². The zero-order valence-electron chi connectivity index (χ0n) is 9.49. The highest BCUT2D eigenvalue weighted by atomic mass is 79.9. The average molecular weight is 324 g/mol. The molecule has 1 atom stereocenters. The summed E-state index contributed by atoms with van der Waals surface area (Å²) in [5.41, 5.74) is 5.69. The first-order chi connectivity index (χ1) is 7.80. The van der Waals surface area contributed by atoms with E-state index in [0.29, 0.717) is 10.9 Å². The van der Waals surface area contributed by atoms with Crippen LogP contribution in [0.5, 0.6) is 0 Å². The van der Waals surface area contributed by atoms with Crippen molar-refractivity contribution in [3.8, 4) is 0 Å². The predicted octanol–water partition coefficient (Wildman–Crippen LogP) is 2.24. The Morgan fingerprint density at radius 3 is 2.65 bits per heavy atom. The summed E-state index contributed by atoms with van der Waals surface area (Å²) in [5.74, 6) is -0.803. The highest BCUT2D eigenvalue weighted by Gasteiger charge is 2.15. The van der Waals surface area contributed by atoms with Gasteiger partial charge in [-0.05, 0) is 25.5 Å². The molecule has 0 aliphatic heterocycles. The van der Waals surface area contributed by atoms with E-state index in [2.05, 4.69) is 15.9 Å². The number of hydrogen-bond donors (Lipinski definition) is 1. The monoisotopic (exact) mass is 323 g/mol. The van der Waals surface area contributed by atoms with Gasteiger partial charge in [0.05, 0.1) is 11.5 Å². The number of sulfone groups is 1. The van der Waals surface area contributed by atoms with Crippen molar-refractivity contribution in [2.45, 2.75) is 25.1 Å². The van der Waals surface area contributed by atoms with E-state index in [4.69, 9.17) is 5.73 Å². The summed E-state index contributed by atoms with van der Waals surface area (Å²) in [6.45, 7) is 1.75. The fourth-order valence-electron chi connectivity index (χ4n) is 1.31. The van der Waals surface area contributed by atoms with Crippen LogP contribution < -0.4 is 5.73 Å². The van der Waals surface area contributed by atoms with Gasteiger partial charge in [0.25, 0.3) is 0 Å². The van der Waals surface area contributed by atoms with Gasteiger partial charge in [0.1, 0.15) is 5.82 Å². The van der Waals surface area contributed by atoms with Crippen molar-refractivity contribution in [2.75, 3.05) is 5.75 Å². The van der Waals surface area contributed by atoms with Crippen molar-refractivity contribution >= 4 is 25.8 Å². The topological polar surface area (TPSA) is 60.2 Å². The minimum atomic E-state index is -3.30. The van der Waals surface area contributed by atoms with Gasteiger partial charge in [-0.2, -0.15) is 0 Å². The summed E-state index contributed by atoms with van der Waals surface area (Å²) >= 11 is 3.12. The molecule has 2 N–H and O–H groups in total. The Morgan fingerprint density at radius 2 is 2.12 bits per heavy atom. The summed E-state index contributed by atoms with van der Waals surface area (Å²) in [5, 5.41) is 0. The van der Waals surface area contributed by atoms with Crippen molar-refractivity contribution in [1.82, 2.24) is 0 Å². The van der Waals surface area contributed by atoms with Crippen LogP contribution in [-0.4, -0.2) is 20.2 Å². The van der Waals surface area contributed by atoms with Crippen LogP contribution in [0.1, 0.15) is 18.9 Å². The van der Waals surface area contributed by atoms with Crippen molar-refractivity contribution in [3.05, 3.63) is 34.1 Å². The molecule has 0 fully saturated rings. The fourth-order valence-corrected chi connectivity index (χ4v) is 3.23. The van der Waals surface area contributed by atoms with E-state index >= 15 is 0 Å². The lowest BCUT2D eigenvalue weighted by atomic mass is 10.2. The van der Waals surface area contributed by atoms with Gasteiger partial charge in [0.15, 0.2) is 9.84 Å². The van der Waals surface area contributed by atoms with Crippen LogP contribution in [-0.2, 0) is 15.6 Å². The Labute approximate surface area is 109 Å². The molecular formula is C11H15BrFNO2S. The first kappa shape index (κ1) is 14.6. The van der Waals surface area contributed by atoms with Crippen LogP contribution in [0.25, 0.3) is 0 Å². The van der Waals surface area contributed by atoms with E-state index in [0.717, 1.165) is 0 Å². The van der Waals surface area contributed by atoms with E-state index < -0.39 is 15.7 Å². The second kappa shape index (κ2) is 5.93. The number of rotatable bonds is 5. The maximum absolute atomic E-state index is 13.5. The quantitative estimate of drug-likeness (QED) is 0.904. The van der Waals surface area contributed by atoms with Crippen molar-refractivity contribution in [3.63, 3.8) is 0 Å². The summed E-state index contributed by atoms with van der Waals surface area (Å²) < 4.78 is 37.5. The average Bonchev–Trinajstić information content (AvgIpc) is 2.20. The first-order valence-electron chi connectivity index (χ1n) is 5.20. The lowest BCUT2D eigenvalue weighted by Gasteiger charge is -2.07. The highest BCUT2D eigenvalue weighted by molar-refractivity contribution is 9.10. The number of halogens is 2. The third kappa shape index (κ3) is 5.14. The van der Waals surface area contributed by atoms with Crippen LogP contribution in [0.15, 0.2) is 22.7 Å². The maximum Gasteiger partial charge on any atom is 0.154 e. The molecule has 0 spiro atoms. The molecule has 6 heteroatoms. The number of benzene rings is 1. The minimum absolute atomic E-state index is 0.0137. The molecule has 0 aliphatic carbocycles. The molecule has 17 heavy (non-hydrogen) atoms. The Morgan fingerprint density at radius 1 is 1.47 bits per heavy atom. The Balaban J connectivity index is 2.76. The standard InChI is InChI=1S/C11H15BrFNO2S/c1-8(14)4-5-17(15,16)7-9-2-3-10(12)6-11(9)13/h2-3,6,8H,4-5,7,14H2,1H3. The Bertz CT molecular complexity index is 488. The van der Waals surface area contributed by atoms with E-state index in [1.807, 2.05) is 0 Å². The summed E-state index contributed by atoms with van der Waals surface area (Å²) in [6.07, 6.45) is 0.389. The molecule has 0 heterocycles. The molecular weight excluding hydrogens is 309 g/mol. The lowest BCUT2D eigenvalue weighted by molar-refractivity contribution is 0.580. The van der Waals surface area contributed by atoms with E-state index in [1.165, 1.54) is 12.1 Å². The minimum Gasteiger partial charge on any atom is -0.328 e. The third-order valence-corrected chi connectivity index (χ3v) is 4.38. The Hall–Kier alpha value is -0.460. The van der Waals surface area contributed by atoms with Crippen molar-refractivity contribution in [2.24, 2.45) is 5.73 Å². The largest absolute Gasteiger partial charge is 0.328 e. The van der Waals surface area contributed by atoms with Gasteiger partial charge >= 0.3 is 0 Å². The number of nitrogens with two attached hydrogens (primary N) is 1. The number of hydrogen-bond acceptors (Lipinski definition) is 3. The van der Waals surface area contributed by atoms with Crippen molar-refractivity contribution < 1.29 is 12.8 Å². The molecule has 0 bridgehead atoms. The second-order valence-electron chi connectivity index (χ2n) is 4.09. The van der Waals surface area contributed by atoms with Crippen LogP contribution in [0, 0.1) is 5.82 Å². The maximum atomic E-state index is 13.5. The van der Waals surface area contributed by atoms with Gasteiger partial charge in [-0.15, -0.1) is 0 Å². The molecule has 0 radical (unpaired) electrons. The molecule has 0 saturated heterocycles. The third-order valence-electron chi connectivity index (χ3n) is 2.27. The molecule has 0 saturated carbocycles. The van der Waals surface area contributed by atoms with Crippen LogP contribution in [0.3, 0.4) is 0 Å². The summed E-state index contributed by atoms with van der Waals surface area (Å²) in [7, 11) is -3.30.